The summed E-state index contributed by atoms with van der Waals surface area (Å²) < 4.78 is 31.9. The fraction of sp³-hybridized carbons (Fsp3) is 0.522. The molecule has 8 heteroatoms. The Hall–Kier alpha value is -2.61. The summed E-state index contributed by atoms with van der Waals surface area (Å²) >= 11 is 0. The molecule has 0 atom stereocenters. The Morgan fingerprint density at radius 3 is 2.58 bits per heavy atom. The molecule has 31 heavy (non-hydrogen) atoms. The molecule has 0 aliphatic carbocycles. The molecule has 0 spiro atoms. The first-order valence-electron chi connectivity index (χ1n) is 10.8. The van der Waals surface area contributed by atoms with Crippen molar-refractivity contribution in [1.29, 1.82) is 0 Å². The smallest absolute Gasteiger partial charge is 0.264 e. The van der Waals surface area contributed by atoms with E-state index in [2.05, 4.69) is 29.1 Å². The number of nitrogens with one attached hydrogen (secondary N) is 1. The summed E-state index contributed by atoms with van der Waals surface area (Å²) in [5.41, 5.74) is 0.877. The monoisotopic (exact) mass is 430 g/mol. The summed E-state index contributed by atoms with van der Waals surface area (Å²) in [6.45, 7) is 6.39. The second-order valence-electron chi connectivity index (χ2n) is 8.57. The van der Waals surface area contributed by atoms with Gasteiger partial charge in [-0.1, -0.05) is 13.8 Å². The molecule has 2 aromatic rings. The summed E-state index contributed by atoms with van der Waals surface area (Å²) in [7, 11) is 0. The molecule has 2 saturated heterocycles. The van der Waals surface area contributed by atoms with Crippen LogP contribution in [0, 0.1) is 5.92 Å². The standard InChI is InChI=1S/C23H28F2N4O2/c1-15(2)23(6-10-31-11-7-23)17-13-19(27-18-12-16(22(24)25)5-8-26-18)28-20(14-17)29-9-3-4-21(29)30/h5,8,12-15,22H,3-4,6-7,9-11H2,1-2H3,(H,26,27,28). The predicted molar refractivity (Wildman–Crippen MR) is 115 cm³/mol. The lowest BCUT2D eigenvalue weighted by molar-refractivity contribution is -0.117. The number of rotatable bonds is 6. The normalized spacial score (nSPS) is 18.8. The van der Waals surface area contributed by atoms with Crippen molar-refractivity contribution in [3.63, 3.8) is 0 Å². The Morgan fingerprint density at radius 2 is 1.94 bits per heavy atom. The number of nitrogens with zero attached hydrogens (tertiary/aromatic N) is 3. The van der Waals surface area contributed by atoms with Crippen molar-refractivity contribution in [3.05, 3.63) is 41.6 Å². The van der Waals surface area contributed by atoms with Gasteiger partial charge in [0, 0.05) is 43.4 Å². The van der Waals surface area contributed by atoms with Gasteiger partial charge in [-0.3, -0.25) is 9.69 Å². The van der Waals surface area contributed by atoms with Crippen molar-refractivity contribution >= 4 is 23.4 Å². The molecule has 4 rings (SSSR count). The number of amides is 1. The number of hydrogen-bond donors (Lipinski definition) is 1. The van der Waals surface area contributed by atoms with Gasteiger partial charge in [-0.2, -0.15) is 0 Å². The van der Waals surface area contributed by atoms with Crippen molar-refractivity contribution in [2.75, 3.05) is 30.0 Å². The highest BCUT2D eigenvalue weighted by molar-refractivity contribution is 5.94. The lowest BCUT2D eigenvalue weighted by atomic mass is 9.67. The van der Waals surface area contributed by atoms with E-state index in [1.807, 2.05) is 12.1 Å². The van der Waals surface area contributed by atoms with Crippen molar-refractivity contribution < 1.29 is 18.3 Å². The summed E-state index contributed by atoms with van der Waals surface area (Å²) in [4.78, 5) is 23.0. The van der Waals surface area contributed by atoms with Gasteiger partial charge in [0.05, 0.1) is 0 Å². The second-order valence-corrected chi connectivity index (χ2v) is 8.57. The van der Waals surface area contributed by atoms with E-state index in [9.17, 15) is 13.6 Å². The first-order valence-corrected chi connectivity index (χ1v) is 10.8. The van der Waals surface area contributed by atoms with Crippen LogP contribution in [0.5, 0.6) is 0 Å². The van der Waals surface area contributed by atoms with Gasteiger partial charge >= 0.3 is 0 Å². The maximum atomic E-state index is 13.1. The highest BCUT2D eigenvalue weighted by Gasteiger charge is 2.38. The number of halogens is 2. The number of carbonyl (C=O) groups is 1. The summed E-state index contributed by atoms with van der Waals surface area (Å²) in [6, 6.07) is 6.60. The van der Waals surface area contributed by atoms with E-state index in [1.54, 1.807) is 4.90 Å². The third kappa shape index (κ3) is 4.39. The molecule has 2 aliphatic heterocycles. The molecule has 2 aliphatic rings. The minimum atomic E-state index is -2.58. The molecule has 0 aromatic carbocycles. The molecule has 166 valence electrons. The molecular formula is C23H28F2N4O2. The van der Waals surface area contributed by atoms with Crippen molar-refractivity contribution in [3.8, 4) is 0 Å². The third-order valence-electron chi connectivity index (χ3n) is 6.52. The maximum Gasteiger partial charge on any atom is 0.264 e. The highest BCUT2D eigenvalue weighted by Crippen LogP contribution is 2.43. The SMILES string of the molecule is CC(C)C1(c2cc(Nc3cc(C(F)F)ccn3)nc(N3CCCC3=O)c2)CCOCC1. The lowest BCUT2D eigenvalue weighted by Crippen LogP contribution is -2.39. The van der Waals surface area contributed by atoms with Crippen LogP contribution in [0.3, 0.4) is 0 Å². The van der Waals surface area contributed by atoms with E-state index in [0.717, 1.165) is 24.8 Å². The number of anilines is 3. The largest absolute Gasteiger partial charge is 0.381 e. The van der Waals surface area contributed by atoms with Crippen molar-refractivity contribution in [2.45, 2.75) is 51.4 Å². The topological polar surface area (TPSA) is 67.4 Å². The molecule has 6 nitrogen and oxygen atoms in total. The minimum Gasteiger partial charge on any atom is -0.381 e. The van der Waals surface area contributed by atoms with Crippen LogP contribution >= 0.6 is 0 Å². The van der Waals surface area contributed by atoms with Crippen LogP contribution in [0.4, 0.5) is 26.2 Å². The zero-order valence-corrected chi connectivity index (χ0v) is 17.9. The van der Waals surface area contributed by atoms with Crippen LogP contribution in [0.2, 0.25) is 0 Å². The van der Waals surface area contributed by atoms with E-state index in [4.69, 9.17) is 4.74 Å². The summed E-state index contributed by atoms with van der Waals surface area (Å²) in [6.07, 6.45) is 1.84. The average Bonchev–Trinajstić information content (AvgIpc) is 3.20. The number of alkyl halides is 2. The molecule has 2 aromatic heterocycles. The molecular weight excluding hydrogens is 402 g/mol. The van der Waals surface area contributed by atoms with Crippen LogP contribution in [-0.2, 0) is 14.9 Å². The first kappa shape index (κ1) is 21.6. The fourth-order valence-corrected chi connectivity index (χ4v) is 4.61. The Balaban J connectivity index is 1.76. The molecule has 2 fully saturated rings. The molecule has 0 saturated carbocycles. The number of ether oxygens (including phenoxy) is 1. The molecule has 0 radical (unpaired) electrons. The van der Waals surface area contributed by atoms with E-state index in [1.165, 1.54) is 18.3 Å². The Labute approximate surface area is 181 Å². The van der Waals surface area contributed by atoms with Crippen LogP contribution < -0.4 is 10.2 Å². The van der Waals surface area contributed by atoms with Gasteiger partial charge in [0.1, 0.15) is 17.5 Å². The van der Waals surface area contributed by atoms with Crippen LogP contribution in [0.1, 0.15) is 57.1 Å². The average molecular weight is 430 g/mol. The molecule has 4 heterocycles. The predicted octanol–water partition coefficient (Wildman–Crippen LogP) is 4.99. The Bertz CT molecular complexity index is 945. The van der Waals surface area contributed by atoms with E-state index >= 15 is 0 Å². The van der Waals surface area contributed by atoms with E-state index in [0.29, 0.717) is 49.6 Å². The summed E-state index contributed by atoms with van der Waals surface area (Å²) in [5.74, 6) is 1.80. The van der Waals surface area contributed by atoms with Gasteiger partial charge in [-0.25, -0.2) is 18.7 Å². The zero-order chi connectivity index (χ0) is 22.0. The quantitative estimate of drug-likeness (QED) is 0.699. The number of carbonyl (C=O) groups excluding carboxylic acids is 1. The van der Waals surface area contributed by atoms with Gasteiger partial charge < -0.3 is 10.1 Å². The highest BCUT2D eigenvalue weighted by atomic mass is 19.3. The van der Waals surface area contributed by atoms with Crippen LogP contribution in [0.25, 0.3) is 0 Å². The Morgan fingerprint density at radius 1 is 1.16 bits per heavy atom. The van der Waals surface area contributed by atoms with Gasteiger partial charge in [0.2, 0.25) is 5.91 Å². The maximum absolute atomic E-state index is 13.1. The van der Waals surface area contributed by atoms with Crippen molar-refractivity contribution in [1.82, 2.24) is 9.97 Å². The number of aromatic nitrogens is 2. The lowest BCUT2D eigenvalue weighted by Gasteiger charge is -2.41. The van der Waals surface area contributed by atoms with Gasteiger partial charge in [-0.15, -0.1) is 0 Å². The molecule has 0 bridgehead atoms. The van der Waals surface area contributed by atoms with Crippen LogP contribution in [0.15, 0.2) is 30.5 Å². The van der Waals surface area contributed by atoms with Crippen molar-refractivity contribution in [2.24, 2.45) is 5.92 Å². The van der Waals surface area contributed by atoms with Crippen LogP contribution in [-0.4, -0.2) is 35.6 Å². The summed E-state index contributed by atoms with van der Waals surface area (Å²) in [5, 5.41) is 3.09. The second kappa shape index (κ2) is 8.86. The zero-order valence-electron chi connectivity index (χ0n) is 17.9. The fourth-order valence-electron chi connectivity index (χ4n) is 4.61. The first-order chi connectivity index (χ1) is 14.9. The van der Waals surface area contributed by atoms with E-state index in [-0.39, 0.29) is 16.9 Å². The number of hydrogen-bond acceptors (Lipinski definition) is 5. The van der Waals surface area contributed by atoms with Gasteiger partial charge in [0.15, 0.2) is 0 Å². The minimum absolute atomic E-state index is 0.0546. The number of pyridine rings is 2. The Kier molecular flexibility index (Phi) is 6.18. The van der Waals surface area contributed by atoms with E-state index < -0.39 is 6.43 Å². The molecule has 1 N–H and O–H groups in total. The molecule has 0 unspecified atom stereocenters. The van der Waals surface area contributed by atoms with Gasteiger partial charge in [-0.05, 0) is 55.0 Å². The third-order valence-corrected chi connectivity index (χ3v) is 6.52. The van der Waals surface area contributed by atoms with Gasteiger partial charge in [0.25, 0.3) is 6.43 Å². The molecule has 1 amide bonds.